The summed E-state index contributed by atoms with van der Waals surface area (Å²) in [4.78, 5) is 4.52. The highest BCUT2D eigenvalue weighted by atomic mass is 32.1. The predicted octanol–water partition coefficient (Wildman–Crippen LogP) is 3.05. The smallest absolute Gasteiger partial charge is 0.231 e. The number of hydrogen-bond donors (Lipinski definition) is 1. The van der Waals surface area contributed by atoms with Crippen LogP contribution in [-0.2, 0) is 13.0 Å². The lowest BCUT2D eigenvalue weighted by molar-refractivity contribution is 0.174. The molecule has 0 saturated heterocycles. The van der Waals surface area contributed by atoms with Gasteiger partial charge in [-0.05, 0) is 18.6 Å². The minimum Gasteiger partial charge on any atom is -0.454 e. The van der Waals surface area contributed by atoms with Crippen LogP contribution >= 0.6 is 11.3 Å². The Bertz CT molecular complexity index is 554. The van der Waals surface area contributed by atoms with E-state index in [0.717, 1.165) is 35.8 Å². The molecule has 0 fully saturated rings. The molecule has 1 aliphatic heterocycles. The number of fused-ring (bicyclic) bond motifs is 1. The summed E-state index contributed by atoms with van der Waals surface area (Å²) in [6.45, 7) is 3.16. The van der Waals surface area contributed by atoms with Gasteiger partial charge in [0.25, 0.3) is 0 Å². The maximum absolute atomic E-state index is 5.34. The Labute approximate surface area is 110 Å². The molecule has 5 heteroatoms. The number of aryl methyl sites for hydroxylation is 1. The lowest BCUT2D eigenvalue weighted by Crippen LogP contribution is -1.99. The second-order valence-electron chi connectivity index (χ2n) is 4.01. The van der Waals surface area contributed by atoms with Gasteiger partial charge in [0, 0.05) is 17.1 Å². The molecule has 94 valence electrons. The average molecular weight is 262 g/mol. The minimum atomic E-state index is 0.310. The zero-order chi connectivity index (χ0) is 12.4. The number of rotatable bonds is 4. The van der Waals surface area contributed by atoms with Crippen LogP contribution in [0, 0.1) is 0 Å². The molecule has 3 rings (SSSR count). The first-order valence-electron chi connectivity index (χ1n) is 5.92. The fraction of sp³-hybridized carbons (Fsp3) is 0.308. The van der Waals surface area contributed by atoms with Gasteiger partial charge in [0.1, 0.15) is 0 Å². The summed E-state index contributed by atoms with van der Waals surface area (Å²) in [5, 5.41) is 6.61. The molecule has 0 amide bonds. The molecule has 1 aromatic carbocycles. The first-order valence-corrected chi connectivity index (χ1v) is 6.80. The number of ether oxygens (including phenoxy) is 2. The first kappa shape index (κ1) is 11.3. The van der Waals surface area contributed by atoms with Gasteiger partial charge in [0.2, 0.25) is 6.79 Å². The SMILES string of the molecule is CCc1nc(CNc2ccc3c(c2)OCO3)cs1. The zero-order valence-electron chi connectivity index (χ0n) is 10.1. The van der Waals surface area contributed by atoms with Crippen LogP contribution in [0.4, 0.5) is 5.69 Å². The number of aromatic nitrogens is 1. The van der Waals surface area contributed by atoms with Crippen LogP contribution in [0.5, 0.6) is 11.5 Å². The van der Waals surface area contributed by atoms with E-state index in [1.54, 1.807) is 11.3 Å². The van der Waals surface area contributed by atoms with Gasteiger partial charge in [-0.2, -0.15) is 0 Å². The van der Waals surface area contributed by atoms with Gasteiger partial charge >= 0.3 is 0 Å². The summed E-state index contributed by atoms with van der Waals surface area (Å²) < 4.78 is 10.6. The minimum absolute atomic E-state index is 0.310. The van der Waals surface area contributed by atoms with Crippen LogP contribution in [0.2, 0.25) is 0 Å². The van der Waals surface area contributed by atoms with Crippen LogP contribution in [0.1, 0.15) is 17.6 Å². The monoisotopic (exact) mass is 262 g/mol. The van der Waals surface area contributed by atoms with E-state index in [1.807, 2.05) is 18.2 Å². The molecular formula is C13H14N2O2S. The predicted molar refractivity (Wildman–Crippen MR) is 71.4 cm³/mol. The highest BCUT2D eigenvalue weighted by Crippen LogP contribution is 2.34. The van der Waals surface area contributed by atoms with Crippen molar-refractivity contribution in [2.75, 3.05) is 12.1 Å². The third kappa shape index (κ3) is 2.26. The van der Waals surface area contributed by atoms with Crippen molar-refractivity contribution in [2.24, 2.45) is 0 Å². The topological polar surface area (TPSA) is 43.4 Å². The van der Waals surface area contributed by atoms with E-state index >= 15 is 0 Å². The van der Waals surface area contributed by atoms with Gasteiger partial charge in [-0.25, -0.2) is 4.98 Å². The molecule has 0 spiro atoms. The Morgan fingerprint density at radius 2 is 2.22 bits per heavy atom. The number of anilines is 1. The Hall–Kier alpha value is -1.75. The Balaban J connectivity index is 1.66. The Morgan fingerprint density at radius 3 is 3.06 bits per heavy atom. The van der Waals surface area contributed by atoms with Crippen molar-refractivity contribution in [2.45, 2.75) is 19.9 Å². The number of hydrogen-bond acceptors (Lipinski definition) is 5. The molecule has 0 atom stereocenters. The van der Waals surface area contributed by atoms with E-state index in [2.05, 4.69) is 22.6 Å². The van der Waals surface area contributed by atoms with Crippen LogP contribution in [0.25, 0.3) is 0 Å². The molecule has 18 heavy (non-hydrogen) atoms. The summed E-state index contributed by atoms with van der Waals surface area (Å²) in [5.41, 5.74) is 2.10. The van der Waals surface area contributed by atoms with Gasteiger partial charge in [-0.3, -0.25) is 0 Å². The molecule has 0 saturated carbocycles. The number of nitrogens with one attached hydrogen (secondary N) is 1. The van der Waals surface area contributed by atoms with Gasteiger partial charge in [0.05, 0.1) is 17.2 Å². The van der Waals surface area contributed by atoms with Crippen molar-refractivity contribution in [1.29, 1.82) is 0 Å². The normalized spacial score (nSPS) is 12.7. The lowest BCUT2D eigenvalue weighted by atomic mass is 10.2. The highest BCUT2D eigenvalue weighted by Gasteiger charge is 2.13. The van der Waals surface area contributed by atoms with E-state index < -0.39 is 0 Å². The fourth-order valence-corrected chi connectivity index (χ4v) is 2.54. The van der Waals surface area contributed by atoms with Gasteiger partial charge in [-0.1, -0.05) is 6.92 Å². The van der Waals surface area contributed by atoms with E-state index in [1.165, 1.54) is 5.01 Å². The molecule has 2 aromatic rings. The number of nitrogens with zero attached hydrogens (tertiary/aromatic N) is 1. The average Bonchev–Trinajstić information content (AvgIpc) is 3.04. The maximum atomic E-state index is 5.34. The first-order chi connectivity index (χ1) is 8.85. The lowest BCUT2D eigenvalue weighted by Gasteiger charge is -2.05. The van der Waals surface area contributed by atoms with Gasteiger partial charge in [-0.15, -0.1) is 11.3 Å². The van der Waals surface area contributed by atoms with Crippen LogP contribution in [0.15, 0.2) is 23.6 Å². The summed E-state index contributed by atoms with van der Waals surface area (Å²) in [5.74, 6) is 1.61. The second-order valence-corrected chi connectivity index (χ2v) is 4.95. The molecule has 4 nitrogen and oxygen atoms in total. The summed E-state index contributed by atoms with van der Waals surface area (Å²) >= 11 is 1.71. The van der Waals surface area contributed by atoms with Crippen molar-refractivity contribution in [3.63, 3.8) is 0 Å². The van der Waals surface area contributed by atoms with E-state index in [0.29, 0.717) is 6.79 Å². The maximum Gasteiger partial charge on any atom is 0.231 e. The molecule has 1 aliphatic rings. The van der Waals surface area contributed by atoms with E-state index in [4.69, 9.17) is 9.47 Å². The molecule has 0 bridgehead atoms. The Kier molecular flexibility index (Phi) is 3.06. The van der Waals surface area contributed by atoms with E-state index in [9.17, 15) is 0 Å². The van der Waals surface area contributed by atoms with Crippen molar-refractivity contribution >= 4 is 17.0 Å². The van der Waals surface area contributed by atoms with Crippen molar-refractivity contribution in [3.8, 4) is 11.5 Å². The third-order valence-corrected chi connectivity index (χ3v) is 3.79. The molecule has 0 aliphatic carbocycles. The molecule has 1 aromatic heterocycles. The quantitative estimate of drug-likeness (QED) is 0.919. The third-order valence-electron chi connectivity index (χ3n) is 2.75. The molecule has 2 heterocycles. The van der Waals surface area contributed by atoms with E-state index in [-0.39, 0.29) is 0 Å². The second kappa shape index (κ2) is 4.86. The summed E-state index contributed by atoms with van der Waals surface area (Å²) in [7, 11) is 0. The van der Waals surface area contributed by atoms with Crippen molar-refractivity contribution < 1.29 is 9.47 Å². The molecule has 0 radical (unpaired) electrons. The number of benzene rings is 1. The molecule has 1 N–H and O–H groups in total. The molecular weight excluding hydrogens is 248 g/mol. The van der Waals surface area contributed by atoms with Crippen LogP contribution < -0.4 is 14.8 Å². The van der Waals surface area contributed by atoms with Crippen LogP contribution in [0.3, 0.4) is 0 Å². The summed E-state index contributed by atoms with van der Waals surface area (Å²) in [6.07, 6.45) is 0.995. The standard InChI is InChI=1S/C13H14N2O2S/c1-2-13-15-10(7-18-13)6-14-9-3-4-11-12(5-9)17-8-16-11/h3-5,7,14H,2,6,8H2,1H3. The van der Waals surface area contributed by atoms with Gasteiger partial charge in [0.15, 0.2) is 11.5 Å². The largest absolute Gasteiger partial charge is 0.454 e. The highest BCUT2D eigenvalue weighted by molar-refractivity contribution is 7.09. The van der Waals surface area contributed by atoms with Crippen LogP contribution in [-0.4, -0.2) is 11.8 Å². The summed E-state index contributed by atoms with van der Waals surface area (Å²) in [6, 6.07) is 5.86. The molecule has 0 unspecified atom stereocenters. The Morgan fingerprint density at radius 1 is 1.33 bits per heavy atom. The van der Waals surface area contributed by atoms with Crippen molar-refractivity contribution in [1.82, 2.24) is 4.98 Å². The zero-order valence-corrected chi connectivity index (χ0v) is 10.9. The fourth-order valence-electron chi connectivity index (χ4n) is 1.79. The van der Waals surface area contributed by atoms with Crippen molar-refractivity contribution in [3.05, 3.63) is 34.3 Å². The van der Waals surface area contributed by atoms with Gasteiger partial charge < -0.3 is 14.8 Å². The number of thiazole rings is 1.